The fourth-order valence-corrected chi connectivity index (χ4v) is 3.16. The molecular weight excluding hydrogens is 324 g/mol. The first-order valence-corrected chi connectivity index (χ1v) is 9.46. The van der Waals surface area contributed by atoms with Crippen LogP contribution < -0.4 is 15.5 Å². The molecule has 1 aromatic heterocycles. The Morgan fingerprint density at radius 2 is 1.92 bits per heavy atom. The predicted octanol–water partition coefficient (Wildman–Crippen LogP) is 3.44. The van der Waals surface area contributed by atoms with Gasteiger partial charge in [-0.25, -0.2) is 0 Å². The number of anilines is 2. The van der Waals surface area contributed by atoms with Gasteiger partial charge in [0.1, 0.15) is 0 Å². The van der Waals surface area contributed by atoms with Gasteiger partial charge in [-0.3, -0.25) is 9.78 Å². The maximum absolute atomic E-state index is 11.9. The van der Waals surface area contributed by atoms with Crippen molar-refractivity contribution in [3.8, 4) is 0 Å². The maximum atomic E-state index is 11.9. The SMILES string of the molecule is CC1CCN(c2ccc(NCCC(=O)NCc3ccccn3)cc2)CC1. The number of carbonyl (C=O) groups is 1. The smallest absolute Gasteiger partial charge is 0.222 e. The van der Waals surface area contributed by atoms with Crippen LogP contribution in [0.3, 0.4) is 0 Å². The van der Waals surface area contributed by atoms with E-state index in [1.807, 2.05) is 18.2 Å². The van der Waals surface area contributed by atoms with Gasteiger partial charge in [0.2, 0.25) is 5.91 Å². The summed E-state index contributed by atoms with van der Waals surface area (Å²) in [5, 5.41) is 6.21. The van der Waals surface area contributed by atoms with Gasteiger partial charge in [0.25, 0.3) is 0 Å². The van der Waals surface area contributed by atoms with E-state index in [1.54, 1.807) is 6.20 Å². The standard InChI is InChI=1S/C21H28N4O/c1-17-10-14-25(15-11-17)20-7-5-18(6-8-20)23-13-9-21(26)24-16-19-4-2-3-12-22-19/h2-8,12,17,23H,9-11,13-16H2,1H3,(H,24,26). The van der Waals surface area contributed by atoms with Crippen LogP contribution in [0.15, 0.2) is 48.7 Å². The zero-order chi connectivity index (χ0) is 18.2. The molecule has 1 aliphatic heterocycles. The molecule has 0 aliphatic carbocycles. The van der Waals surface area contributed by atoms with Crippen molar-refractivity contribution in [2.24, 2.45) is 5.92 Å². The molecule has 138 valence electrons. The fraction of sp³-hybridized carbons (Fsp3) is 0.429. The Kier molecular flexibility index (Phi) is 6.47. The Morgan fingerprint density at radius 3 is 2.62 bits per heavy atom. The third-order valence-electron chi connectivity index (χ3n) is 4.89. The lowest BCUT2D eigenvalue weighted by molar-refractivity contribution is -0.121. The molecule has 0 spiro atoms. The van der Waals surface area contributed by atoms with Gasteiger partial charge in [-0.2, -0.15) is 0 Å². The molecule has 1 aromatic carbocycles. The fourth-order valence-electron chi connectivity index (χ4n) is 3.16. The molecule has 2 N–H and O–H groups in total. The molecule has 1 aliphatic rings. The summed E-state index contributed by atoms with van der Waals surface area (Å²) in [4.78, 5) is 18.6. The molecule has 1 amide bonds. The predicted molar refractivity (Wildman–Crippen MR) is 106 cm³/mol. The highest BCUT2D eigenvalue weighted by molar-refractivity contribution is 5.76. The van der Waals surface area contributed by atoms with E-state index in [2.05, 4.69) is 51.7 Å². The summed E-state index contributed by atoms with van der Waals surface area (Å²) < 4.78 is 0. The number of carbonyl (C=O) groups excluding carboxylic acids is 1. The van der Waals surface area contributed by atoms with Gasteiger partial charge in [-0.15, -0.1) is 0 Å². The topological polar surface area (TPSA) is 57.3 Å². The second kappa shape index (κ2) is 9.22. The summed E-state index contributed by atoms with van der Waals surface area (Å²) in [6, 6.07) is 14.2. The minimum absolute atomic E-state index is 0.0298. The number of piperidine rings is 1. The molecule has 2 aromatic rings. The second-order valence-electron chi connectivity index (χ2n) is 6.99. The van der Waals surface area contributed by atoms with Gasteiger partial charge in [0, 0.05) is 43.6 Å². The van der Waals surface area contributed by atoms with Crippen molar-refractivity contribution >= 4 is 17.3 Å². The van der Waals surface area contributed by atoms with E-state index in [4.69, 9.17) is 0 Å². The van der Waals surface area contributed by atoms with Crippen LogP contribution in [0.2, 0.25) is 0 Å². The Morgan fingerprint density at radius 1 is 1.15 bits per heavy atom. The quantitative estimate of drug-likeness (QED) is 0.801. The Labute approximate surface area is 155 Å². The first-order chi connectivity index (χ1) is 12.7. The number of nitrogens with zero attached hydrogens (tertiary/aromatic N) is 2. The lowest BCUT2D eigenvalue weighted by Gasteiger charge is -2.32. The van der Waals surface area contributed by atoms with Crippen molar-refractivity contribution in [3.05, 3.63) is 54.4 Å². The van der Waals surface area contributed by atoms with Gasteiger partial charge in [-0.05, 0) is 55.2 Å². The summed E-state index contributed by atoms with van der Waals surface area (Å²) >= 11 is 0. The zero-order valence-electron chi connectivity index (χ0n) is 15.4. The summed E-state index contributed by atoms with van der Waals surface area (Å²) in [7, 11) is 0. The number of hydrogen-bond donors (Lipinski definition) is 2. The van der Waals surface area contributed by atoms with Gasteiger partial charge < -0.3 is 15.5 Å². The van der Waals surface area contributed by atoms with Gasteiger partial charge in [-0.1, -0.05) is 13.0 Å². The zero-order valence-corrected chi connectivity index (χ0v) is 15.4. The monoisotopic (exact) mass is 352 g/mol. The Hall–Kier alpha value is -2.56. The van der Waals surface area contributed by atoms with E-state index in [0.29, 0.717) is 19.5 Å². The molecule has 26 heavy (non-hydrogen) atoms. The van der Waals surface area contributed by atoms with E-state index in [1.165, 1.54) is 18.5 Å². The highest BCUT2D eigenvalue weighted by Gasteiger charge is 2.15. The molecule has 1 saturated heterocycles. The van der Waals surface area contributed by atoms with E-state index in [0.717, 1.165) is 30.4 Å². The van der Waals surface area contributed by atoms with Crippen molar-refractivity contribution in [1.82, 2.24) is 10.3 Å². The van der Waals surface area contributed by atoms with Gasteiger partial charge >= 0.3 is 0 Å². The summed E-state index contributed by atoms with van der Waals surface area (Å²) in [5.41, 5.74) is 3.21. The molecule has 3 rings (SSSR count). The molecule has 1 fully saturated rings. The van der Waals surface area contributed by atoms with E-state index >= 15 is 0 Å². The first-order valence-electron chi connectivity index (χ1n) is 9.46. The normalized spacial score (nSPS) is 14.9. The van der Waals surface area contributed by atoms with Gasteiger partial charge in [0.15, 0.2) is 0 Å². The molecular formula is C21H28N4O. The first kappa shape index (κ1) is 18.2. The van der Waals surface area contributed by atoms with E-state index in [-0.39, 0.29) is 5.91 Å². The van der Waals surface area contributed by atoms with Crippen molar-refractivity contribution in [2.45, 2.75) is 32.7 Å². The Balaban J connectivity index is 1.37. The largest absolute Gasteiger partial charge is 0.385 e. The van der Waals surface area contributed by atoms with Crippen LogP contribution in [0.1, 0.15) is 31.9 Å². The number of aromatic nitrogens is 1. The number of nitrogens with one attached hydrogen (secondary N) is 2. The molecule has 0 atom stereocenters. The molecule has 0 radical (unpaired) electrons. The lowest BCUT2D eigenvalue weighted by atomic mass is 9.99. The van der Waals surface area contributed by atoms with Gasteiger partial charge in [0.05, 0.1) is 12.2 Å². The maximum Gasteiger partial charge on any atom is 0.222 e. The van der Waals surface area contributed by atoms with Crippen LogP contribution in [0.25, 0.3) is 0 Å². The summed E-state index contributed by atoms with van der Waals surface area (Å²) in [5.74, 6) is 0.873. The number of pyridine rings is 1. The number of benzene rings is 1. The highest BCUT2D eigenvalue weighted by Crippen LogP contribution is 2.24. The average Bonchev–Trinajstić information content (AvgIpc) is 2.68. The number of rotatable bonds is 7. The molecule has 0 saturated carbocycles. The molecule has 0 bridgehead atoms. The highest BCUT2D eigenvalue weighted by atomic mass is 16.1. The van der Waals surface area contributed by atoms with Crippen LogP contribution in [-0.2, 0) is 11.3 Å². The van der Waals surface area contributed by atoms with Crippen LogP contribution >= 0.6 is 0 Å². The van der Waals surface area contributed by atoms with Crippen LogP contribution in [-0.4, -0.2) is 30.5 Å². The minimum Gasteiger partial charge on any atom is -0.385 e. The summed E-state index contributed by atoms with van der Waals surface area (Å²) in [6.45, 7) is 5.71. The molecule has 5 nitrogen and oxygen atoms in total. The number of amides is 1. The van der Waals surface area contributed by atoms with E-state index < -0.39 is 0 Å². The Bertz CT molecular complexity index is 679. The van der Waals surface area contributed by atoms with Crippen molar-refractivity contribution < 1.29 is 4.79 Å². The van der Waals surface area contributed by atoms with Crippen molar-refractivity contribution in [1.29, 1.82) is 0 Å². The average molecular weight is 352 g/mol. The van der Waals surface area contributed by atoms with E-state index in [9.17, 15) is 4.79 Å². The van der Waals surface area contributed by atoms with Crippen molar-refractivity contribution in [2.75, 3.05) is 29.9 Å². The molecule has 0 unspecified atom stereocenters. The third-order valence-corrected chi connectivity index (χ3v) is 4.89. The third kappa shape index (κ3) is 5.48. The van der Waals surface area contributed by atoms with Crippen LogP contribution in [0.4, 0.5) is 11.4 Å². The molecule has 5 heteroatoms. The van der Waals surface area contributed by atoms with Crippen LogP contribution in [0, 0.1) is 5.92 Å². The molecule has 2 heterocycles. The lowest BCUT2D eigenvalue weighted by Crippen LogP contribution is -2.32. The number of hydrogen-bond acceptors (Lipinski definition) is 4. The minimum atomic E-state index is 0.0298. The van der Waals surface area contributed by atoms with Crippen molar-refractivity contribution in [3.63, 3.8) is 0 Å². The second-order valence-corrected chi connectivity index (χ2v) is 6.99. The summed E-state index contributed by atoms with van der Waals surface area (Å²) in [6.07, 6.45) is 4.72. The van der Waals surface area contributed by atoms with Crippen LogP contribution in [0.5, 0.6) is 0 Å².